The Hall–Kier alpha value is -2.09. The summed E-state index contributed by atoms with van der Waals surface area (Å²) in [5.74, 6) is -2.55. The maximum absolute atomic E-state index is 11.5. The van der Waals surface area contributed by atoms with Gasteiger partial charge in [0.15, 0.2) is 9.84 Å². The Labute approximate surface area is 116 Å². The Morgan fingerprint density at radius 1 is 1.20 bits per heavy atom. The summed E-state index contributed by atoms with van der Waals surface area (Å²) in [5.41, 5.74) is 0.107. The van der Waals surface area contributed by atoms with Gasteiger partial charge in [-0.25, -0.2) is 13.2 Å². The van der Waals surface area contributed by atoms with Gasteiger partial charge in [0.25, 0.3) is 0 Å². The first-order valence-electron chi connectivity index (χ1n) is 5.57. The van der Waals surface area contributed by atoms with Crippen LogP contribution >= 0.6 is 0 Å². The zero-order valence-electron chi connectivity index (χ0n) is 10.7. The van der Waals surface area contributed by atoms with Gasteiger partial charge >= 0.3 is 11.9 Å². The molecule has 7 nitrogen and oxygen atoms in total. The summed E-state index contributed by atoms with van der Waals surface area (Å²) in [6, 6.07) is 5.55. The molecule has 0 heterocycles. The highest BCUT2D eigenvalue weighted by Crippen LogP contribution is 2.12. The summed E-state index contributed by atoms with van der Waals surface area (Å²) in [6.45, 7) is -0.133. The van der Waals surface area contributed by atoms with E-state index < -0.39 is 27.5 Å². The molecule has 0 bridgehead atoms. The molecule has 1 aromatic rings. The molecule has 110 valence electrons. The lowest BCUT2D eigenvalue weighted by molar-refractivity contribution is -0.137. The van der Waals surface area contributed by atoms with E-state index in [-0.39, 0.29) is 17.9 Å². The van der Waals surface area contributed by atoms with Crippen molar-refractivity contribution in [3.63, 3.8) is 0 Å². The number of carboxylic acid groups (broad SMARTS) is 1. The number of esters is 1. The number of methoxy groups -OCH3 is 1. The Bertz CT molecular complexity index is 574. The summed E-state index contributed by atoms with van der Waals surface area (Å²) in [7, 11) is -2.47. The highest BCUT2D eigenvalue weighted by atomic mass is 32.2. The molecule has 0 aliphatic carbocycles. The first-order valence-corrected chi connectivity index (χ1v) is 7.39. The fourth-order valence-corrected chi connectivity index (χ4v) is 2.25. The van der Waals surface area contributed by atoms with Crippen molar-refractivity contribution in [3.8, 4) is 5.75 Å². The van der Waals surface area contributed by atoms with Crippen LogP contribution in [-0.4, -0.2) is 50.7 Å². The largest absolute Gasteiger partial charge is 0.493 e. The van der Waals surface area contributed by atoms with E-state index >= 15 is 0 Å². The van der Waals surface area contributed by atoms with Crippen LogP contribution in [0.1, 0.15) is 10.4 Å². The molecule has 1 aromatic carbocycles. The second kappa shape index (κ2) is 6.90. The molecule has 1 rings (SSSR count). The highest BCUT2D eigenvalue weighted by Gasteiger charge is 2.17. The minimum Gasteiger partial charge on any atom is -0.493 e. The molecule has 0 aliphatic rings. The lowest BCUT2D eigenvalue weighted by atomic mass is 10.2. The average molecular weight is 302 g/mol. The summed E-state index contributed by atoms with van der Waals surface area (Å²) in [5, 5.41) is 8.70. The van der Waals surface area contributed by atoms with Crippen LogP contribution in [0.5, 0.6) is 5.75 Å². The van der Waals surface area contributed by atoms with Gasteiger partial charge in [0.1, 0.15) is 18.1 Å². The number of carbonyl (C=O) groups is 2. The van der Waals surface area contributed by atoms with Gasteiger partial charge < -0.3 is 14.6 Å². The summed E-state index contributed by atoms with van der Waals surface area (Å²) in [4.78, 5) is 21.5. The van der Waals surface area contributed by atoms with Gasteiger partial charge in [-0.1, -0.05) is 0 Å². The minimum atomic E-state index is -3.58. The Morgan fingerprint density at radius 2 is 1.80 bits per heavy atom. The quantitative estimate of drug-likeness (QED) is 0.724. The summed E-state index contributed by atoms with van der Waals surface area (Å²) < 4.78 is 32.4. The van der Waals surface area contributed by atoms with Crippen LogP contribution in [-0.2, 0) is 19.4 Å². The molecule has 0 unspecified atom stereocenters. The van der Waals surface area contributed by atoms with Crippen molar-refractivity contribution in [2.75, 3.05) is 25.2 Å². The van der Waals surface area contributed by atoms with E-state index in [0.29, 0.717) is 5.75 Å². The molecule has 0 spiro atoms. The molecule has 0 saturated heterocycles. The van der Waals surface area contributed by atoms with E-state index in [4.69, 9.17) is 9.84 Å². The van der Waals surface area contributed by atoms with Crippen molar-refractivity contribution in [1.29, 1.82) is 0 Å². The predicted octanol–water partition coefficient (Wildman–Crippen LogP) is 0.351. The molecule has 0 radical (unpaired) electrons. The SMILES string of the molecule is COC(=O)CS(=O)(=O)CCOc1ccc(C(=O)O)cc1. The number of ether oxygens (including phenoxy) is 2. The van der Waals surface area contributed by atoms with E-state index in [1.165, 1.54) is 24.3 Å². The predicted molar refractivity (Wildman–Crippen MR) is 69.6 cm³/mol. The molecule has 0 aliphatic heterocycles. The third-order valence-electron chi connectivity index (χ3n) is 2.33. The number of carbonyl (C=O) groups excluding carboxylic acids is 1. The van der Waals surface area contributed by atoms with E-state index in [1.807, 2.05) is 0 Å². The zero-order valence-corrected chi connectivity index (χ0v) is 11.6. The van der Waals surface area contributed by atoms with E-state index in [1.54, 1.807) is 0 Å². The van der Waals surface area contributed by atoms with Crippen LogP contribution in [0, 0.1) is 0 Å². The fraction of sp³-hybridized carbons (Fsp3) is 0.333. The molecule has 8 heteroatoms. The zero-order chi connectivity index (χ0) is 15.2. The van der Waals surface area contributed by atoms with Crippen molar-refractivity contribution in [2.45, 2.75) is 0 Å². The third kappa shape index (κ3) is 5.27. The van der Waals surface area contributed by atoms with Gasteiger partial charge in [0.2, 0.25) is 0 Å². The second-order valence-electron chi connectivity index (χ2n) is 3.85. The normalized spacial score (nSPS) is 10.8. The van der Waals surface area contributed by atoms with Crippen LogP contribution < -0.4 is 4.74 Å². The van der Waals surface area contributed by atoms with Crippen LogP contribution in [0.15, 0.2) is 24.3 Å². The minimum absolute atomic E-state index is 0.107. The summed E-state index contributed by atoms with van der Waals surface area (Å²) >= 11 is 0. The summed E-state index contributed by atoms with van der Waals surface area (Å²) in [6.07, 6.45) is 0. The van der Waals surface area contributed by atoms with Crippen LogP contribution in [0.2, 0.25) is 0 Å². The Morgan fingerprint density at radius 3 is 2.30 bits per heavy atom. The molecule has 0 saturated carbocycles. The van der Waals surface area contributed by atoms with Gasteiger partial charge in [-0.2, -0.15) is 0 Å². The van der Waals surface area contributed by atoms with Crippen LogP contribution in [0.4, 0.5) is 0 Å². The molecular formula is C12H14O7S. The number of carboxylic acids is 1. The number of hydrogen-bond acceptors (Lipinski definition) is 6. The smallest absolute Gasteiger partial charge is 0.335 e. The average Bonchev–Trinajstić information content (AvgIpc) is 2.38. The molecular weight excluding hydrogens is 288 g/mol. The highest BCUT2D eigenvalue weighted by molar-refractivity contribution is 7.92. The van der Waals surface area contributed by atoms with Crippen molar-refractivity contribution in [3.05, 3.63) is 29.8 Å². The Kier molecular flexibility index (Phi) is 5.51. The van der Waals surface area contributed by atoms with Gasteiger partial charge in [0.05, 0.1) is 18.4 Å². The molecule has 0 amide bonds. The van der Waals surface area contributed by atoms with Crippen molar-refractivity contribution >= 4 is 21.8 Å². The van der Waals surface area contributed by atoms with Gasteiger partial charge in [-0.3, -0.25) is 4.79 Å². The number of benzene rings is 1. The topological polar surface area (TPSA) is 107 Å². The van der Waals surface area contributed by atoms with E-state index in [2.05, 4.69) is 4.74 Å². The second-order valence-corrected chi connectivity index (χ2v) is 6.03. The van der Waals surface area contributed by atoms with E-state index in [9.17, 15) is 18.0 Å². The maximum atomic E-state index is 11.5. The monoisotopic (exact) mass is 302 g/mol. The molecule has 20 heavy (non-hydrogen) atoms. The fourth-order valence-electron chi connectivity index (χ4n) is 1.29. The van der Waals surface area contributed by atoms with Gasteiger partial charge in [0, 0.05) is 0 Å². The first-order chi connectivity index (χ1) is 9.34. The Balaban J connectivity index is 2.48. The van der Waals surface area contributed by atoms with E-state index in [0.717, 1.165) is 7.11 Å². The first kappa shape index (κ1) is 16.0. The van der Waals surface area contributed by atoms with Crippen LogP contribution in [0.3, 0.4) is 0 Å². The standard InChI is InChI=1S/C12H14O7S/c1-18-11(13)8-20(16,17)7-6-19-10-4-2-9(3-5-10)12(14)15/h2-5H,6-8H2,1H3,(H,14,15). The van der Waals surface area contributed by atoms with Gasteiger partial charge in [-0.15, -0.1) is 0 Å². The lowest BCUT2D eigenvalue weighted by Crippen LogP contribution is -2.23. The van der Waals surface area contributed by atoms with Crippen LogP contribution in [0.25, 0.3) is 0 Å². The number of sulfone groups is 1. The molecule has 0 aromatic heterocycles. The molecule has 0 fully saturated rings. The number of aromatic carboxylic acids is 1. The van der Waals surface area contributed by atoms with Crippen molar-refractivity contribution in [2.24, 2.45) is 0 Å². The number of rotatable bonds is 7. The third-order valence-corrected chi connectivity index (χ3v) is 3.79. The molecule has 1 N–H and O–H groups in total. The maximum Gasteiger partial charge on any atom is 0.335 e. The lowest BCUT2D eigenvalue weighted by Gasteiger charge is -2.07. The van der Waals surface area contributed by atoms with Crippen molar-refractivity contribution < 1.29 is 32.6 Å². The number of hydrogen-bond donors (Lipinski definition) is 1. The van der Waals surface area contributed by atoms with Gasteiger partial charge in [-0.05, 0) is 24.3 Å². The molecule has 0 atom stereocenters. The van der Waals surface area contributed by atoms with Crippen molar-refractivity contribution in [1.82, 2.24) is 0 Å².